The molecule has 9 heterocycles. The molecule has 62 heavy (non-hydrogen) atoms. The molecule has 6 aliphatic rings. The molecule has 6 fully saturated rings. The minimum atomic E-state index is -0.776. The lowest BCUT2D eigenvalue weighted by molar-refractivity contribution is -0.0936. The van der Waals surface area contributed by atoms with Crippen LogP contribution in [0.4, 0.5) is 0 Å². The summed E-state index contributed by atoms with van der Waals surface area (Å²) in [7, 11) is 3.31. The first-order chi connectivity index (χ1) is 30.3. The smallest absolute Gasteiger partial charge is 0.242 e. The van der Waals surface area contributed by atoms with Gasteiger partial charge < -0.3 is 39.4 Å². The third-order valence-corrected chi connectivity index (χ3v) is 14.4. The van der Waals surface area contributed by atoms with Gasteiger partial charge in [0.15, 0.2) is 0 Å². The topological polar surface area (TPSA) is 176 Å². The zero-order chi connectivity index (χ0) is 42.5. The SMILES string of the molecule is COc1ccc2nccc([C@@H](Oc3nnc(O[C@H](c4ccnc5ccc(OC)cc45)[C@@H]4C[C@@H]5CCN4C[C@@H]5C(O)CO)c4ccccc34)[C@@H]3C[C@@H]4CCN3C[C@@H]4C(O)CO)c2c1. The minimum absolute atomic E-state index is 0.0233. The van der Waals surface area contributed by atoms with Crippen LogP contribution in [0.15, 0.2) is 85.2 Å². The Morgan fingerprint density at radius 3 is 1.45 bits per heavy atom. The van der Waals surface area contributed by atoms with Gasteiger partial charge in [0.1, 0.15) is 23.7 Å². The van der Waals surface area contributed by atoms with E-state index in [0.717, 1.165) is 82.5 Å². The molecule has 3 aromatic carbocycles. The number of nitrogens with zero attached hydrogens (tertiary/aromatic N) is 6. The van der Waals surface area contributed by atoms with Crippen LogP contribution in [0.5, 0.6) is 23.3 Å². The normalized spacial score (nSPS) is 27.5. The van der Waals surface area contributed by atoms with Gasteiger partial charge in [-0.2, -0.15) is 0 Å². The summed E-state index contributed by atoms with van der Waals surface area (Å²) >= 11 is 0. The van der Waals surface area contributed by atoms with Crippen LogP contribution in [0, 0.1) is 23.7 Å². The number of hydrogen-bond donors (Lipinski definition) is 4. The summed E-state index contributed by atoms with van der Waals surface area (Å²) in [5.74, 6) is 2.56. The van der Waals surface area contributed by atoms with Gasteiger partial charge in [-0.05, 0) is 111 Å². The standard InChI is InChI=1S/C48H54N6O8/c1-59-29-7-9-39-35(21-29)31(11-15-49-39)45(41-19-27-13-17-53(41)23-37(27)43(57)25-55)61-47-33-5-3-4-6-34(33)48(52-51-47)62-46(32-12-16-50-40-10-8-30(60-2)22-36(32)40)42-20-28-14-18-54(42)24-38(28)44(58)26-56/h3-12,15-16,21-22,27-28,37-38,41-46,55-58H,13-14,17-20,23-26H2,1-2H3/t27-,28-,37-,38-,41-,42-,43?,44?,45+,46+/m0/s1. The molecule has 4 bridgehead atoms. The number of aromatic nitrogens is 4. The molecule has 6 aliphatic heterocycles. The van der Waals surface area contributed by atoms with Crippen LogP contribution in [0.25, 0.3) is 32.6 Å². The van der Waals surface area contributed by atoms with E-state index in [0.29, 0.717) is 36.3 Å². The fraction of sp³-hybridized carbons (Fsp3) is 0.458. The minimum Gasteiger partial charge on any atom is -0.497 e. The van der Waals surface area contributed by atoms with Gasteiger partial charge in [0.25, 0.3) is 0 Å². The van der Waals surface area contributed by atoms with Gasteiger partial charge in [-0.25, -0.2) is 0 Å². The van der Waals surface area contributed by atoms with E-state index in [9.17, 15) is 20.4 Å². The fourth-order valence-corrected chi connectivity index (χ4v) is 11.2. The largest absolute Gasteiger partial charge is 0.497 e. The van der Waals surface area contributed by atoms with Crippen molar-refractivity contribution in [1.82, 2.24) is 30.0 Å². The summed E-state index contributed by atoms with van der Waals surface area (Å²) in [6.07, 6.45) is 4.51. The van der Waals surface area contributed by atoms with Crippen LogP contribution < -0.4 is 18.9 Å². The molecular formula is C48H54N6O8. The zero-order valence-corrected chi connectivity index (χ0v) is 35.0. The number of aliphatic hydroxyl groups excluding tert-OH is 4. The van der Waals surface area contributed by atoms with Gasteiger partial charge in [0.05, 0.1) is 73.5 Å². The highest BCUT2D eigenvalue weighted by Gasteiger charge is 2.48. The molecule has 14 heteroatoms. The highest BCUT2D eigenvalue weighted by molar-refractivity contribution is 5.91. The van der Waals surface area contributed by atoms with E-state index in [1.165, 1.54) is 0 Å². The molecule has 3 aromatic heterocycles. The van der Waals surface area contributed by atoms with Gasteiger partial charge in [-0.3, -0.25) is 19.8 Å². The van der Waals surface area contributed by atoms with Crippen LogP contribution in [-0.4, -0.2) is 128 Å². The molecule has 4 N–H and O–H groups in total. The number of methoxy groups -OCH3 is 2. The van der Waals surface area contributed by atoms with Crippen molar-refractivity contribution >= 4 is 32.6 Å². The van der Waals surface area contributed by atoms with Gasteiger partial charge in [-0.1, -0.05) is 12.1 Å². The number of pyridine rings is 2. The molecule has 324 valence electrons. The third-order valence-electron chi connectivity index (χ3n) is 14.4. The second-order valence-electron chi connectivity index (χ2n) is 17.5. The van der Waals surface area contributed by atoms with E-state index >= 15 is 0 Å². The number of hydrogen-bond acceptors (Lipinski definition) is 14. The van der Waals surface area contributed by atoms with E-state index in [4.69, 9.17) is 39.1 Å². The molecule has 0 spiro atoms. The maximum Gasteiger partial charge on any atom is 0.242 e. The number of benzene rings is 3. The summed E-state index contributed by atoms with van der Waals surface area (Å²) in [4.78, 5) is 14.2. The Morgan fingerprint density at radius 2 is 1.06 bits per heavy atom. The molecule has 0 amide bonds. The summed E-state index contributed by atoms with van der Waals surface area (Å²) in [5, 5.41) is 54.4. The molecule has 0 saturated carbocycles. The summed E-state index contributed by atoms with van der Waals surface area (Å²) in [6, 6.07) is 23.6. The first-order valence-electron chi connectivity index (χ1n) is 21.9. The molecule has 12 atom stereocenters. The van der Waals surface area contributed by atoms with Crippen LogP contribution in [0.2, 0.25) is 0 Å². The van der Waals surface area contributed by atoms with Crippen molar-refractivity contribution in [3.8, 4) is 23.3 Å². The van der Waals surface area contributed by atoms with Crippen molar-refractivity contribution in [2.75, 3.05) is 53.6 Å². The van der Waals surface area contributed by atoms with E-state index in [1.807, 2.05) is 85.2 Å². The molecule has 4 unspecified atom stereocenters. The Balaban J connectivity index is 1.05. The zero-order valence-electron chi connectivity index (χ0n) is 35.0. The van der Waals surface area contributed by atoms with E-state index in [-0.39, 0.29) is 49.0 Å². The predicted octanol–water partition coefficient (Wildman–Crippen LogP) is 5.11. The van der Waals surface area contributed by atoms with Gasteiger partial charge in [0, 0.05) is 59.2 Å². The van der Waals surface area contributed by atoms with Crippen molar-refractivity contribution in [3.63, 3.8) is 0 Å². The van der Waals surface area contributed by atoms with Gasteiger partial charge in [0.2, 0.25) is 11.8 Å². The highest BCUT2D eigenvalue weighted by atomic mass is 16.5. The van der Waals surface area contributed by atoms with E-state index < -0.39 is 24.4 Å². The van der Waals surface area contributed by atoms with Crippen molar-refractivity contribution in [3.05, 3.63) is 96.3 Å². The van der Waals surface area contributed by atoms with Crippen molar-refractivity contribution in [2.45, 2.75) is 62.2 Å². The summed E-state index contributed by atoms with van der Waals surface area (Å²) in [5.41, 5.74) is 3.53. The molecule has 12 rings (SSSR count). The van der Waals surface area contributed by atoms with Crippen LogP contribution in [0.3, 0.4) is 0 Å². The first-order valence-corrected chi connectivity index (χ1v) is 21.9. The second kappa shape index (κ2) is 17.2. The molecule has 0 aliphatic carbocycles. The third kappa shape index (κ3) is 7.35. The van der Waals surface area contributed by atoms with Gasteiger partial charge >= 0.3 is 0 Å². The lowest BCUT2D eigenvalue weighted by Gasteiger charge is -2.52. The van der Waals surface area contributed by atoms with Crippen LogP contribution >= 0.6 is 0 Å². The Hall–Kier alpha value is -5.22. The van der Waals surface area contributed by atoms with Crippen molar-refractivity contribution in [1.29, 1.82) is 0 Å². The first kappa shape index (κ1) is 40.8. The van der Waals surface area contributed by atoms with Crippen molar-refractivity contribution < 1.29 is 39.4 Å². The average Bonchev–Trinajstić information content (AvgIpc) is 3.34. The maximum absolute atomic E-state index is 10.8. The molecule has 6 saturated heterocycles. The second-order valence-corrected chi connectivity index (χ2v) is 17.5. The number of aliphatic hydroxyl groups is 4. The Morgan fingerprint density at radius 1 is 0.613 bits per heavy atom. The van der Waals surface area contributed by atoms with Gasteiger partial charge in [-0.15, -0.1) is 10.2 Å². The number of ether oxygens (including phenoxy) is 4. The number of piperidine rings is 6. The lowest BCUT2D eigenvalue weighted by atomic mass is 9.71. The number of fused-ring (bicyclic) bond motifs is 9. The molecular weight excluding hydrogens is 789 g/mol. The lowest BCUT2D eigenvalue weighted by Crippen LogP contribution is -2.58. The van der Waals surface area contributed by atoms with Crippen molar-refractivity contribution in [2.24, 2.45) is 23.7 Å². The van der Waals surface area contributed by atoms with E-state index in [1.54, 1.807) is 14.2 Å². The summed E-state index contributed by atoms with van der Waals surface area (Å²) in [6.45, 7) is 2.49. The van der Waals surface area contributed by atoms with Crippen LogP contribution in [-0.2, 0) is 0 Å². The highest BCUT2D eigenvalue weighted by Crippen LogP contribution is 2.48. The molecule has 0 radical (unpaired) electrons. The Kier molecular flexibility index (Phi) is 11.3. The summed E-state index contributed by atoms with van der Waals surface area (Å²) < 4.78 is 25.8. The average molecular weight is 843 g/mol. The predicted molar refractivity (Wildman–Crippen MR) is 232 cm³/mol. The molecule has 14 nitrogen and oxygen atoms in total. The monoisotopic (exact) mass is 842 g/mol. The van der Waals surface area contributed by atoms with Crippen LogP contribution in [0.1, 0.15) is 49.0 Å². The quantitative estimate of drug-likeness (QED) is 0.114. The maximum atomic E-state index is 10.8. The molecule has 6 aromatic rings. The van der Waals surface area contributed by atoms with E-state index in [2.05, 4.69) is 9.80 Å². The Bertz CT molecular complexity index is 2390. The Labute approximate surface area is 360 Å². The number of rotatable bonds is 14. The fourth-order valence-electron chi connectivity index (χ4n) is 11.2.